The maximum Gasteiger partial charge on any atom is 0.282 e. The van der Waals surface area contributed by atoms with E-state index < -0.39 is 0 Å². The number of anilines is 1. The van der Waals surface area contributed by atoms with Crippen molar-refractivity contribution in [1.82, 2.24) is 0 Å². The van der Waals surface area contributed by atoms with Crippen LogP contribution in [0.3, 0.4) is 0 Å². The van der Waals surface area contributed by atoms with E-state index in [9.17, 15) is 14.4 Å². The number of carbonyl (C=O) groups is 3. The summed E-state index contributed by atoms with van der Waals surface area (Å²) in [6, 6.07) is 12.1. The first-order valence-electron chi connectivity index (χ1n) is 10.4. The molecule has 0 aliphatic heterocycles. The highest BCUT2D eigenvalue weighted by Gasteiger charge is 2.31. The van der Waals surface area contributed by atoms with Crippen LogP contribution in [0.4, 0.5) is 5.69 Å². The normalized spacial score (nSPS) is 21.9. The Morgan fingerprint density at radius 1 is 0.966 bits per heavy atom. The van der Waals surface area contributed by atoms with Crippen molar-refractivity contribution in [3.63, 3.8) is 0 Å². The van der Waals surface area contributed by atoms with Crippen molar-refractivity contribution in [2.75, 3.05) is 5.32 Å². The molecule has 5 heteroatoms. The van der Waals surface area contributed by atoms with E-state index in [1.165, 1.54) is 19.3 Å². The average molecular weight is 391 g/mol. The Kier molecular flexibility index (Phi) is 5.33. The Bertz CT molecular complexity index is 982. The highest BCUT2D eigenvalue weighted by molar-refractivity contribution is 6.28. The lowest BCUT2D eigenvalue weighted by Crippen LogP contribution is -2.97. The van der Waals surface area contributed by atoms with E-state index >= 15 is 0 Å². The van der Waals surface area contributed by atoms with Crippen LogP contribution in [0.15, 0.2) is 42.5 Å². The second kappa shape index (κ2) is 7.91. The van der Waals surface area contributed by atoms with Gasteiger partial charge in [0.15, 0.2) is 17.6 Å². The van der Waals surface area contributed by atoms with E-state index in [0.717, 1.165) is 6.42 Å². The number of amides is 1. The van der Waals surface area contributed by atoms with Gasteiger partial charge < -0.3 is 10.6 Å². The molecule has 0 heterocycles. The molecule has 3 N–H and O–H groups in total. The van der Waals surface area contributed by atoms with Crippen LogP contribution >= 0.6 is 0 Å². The summed E-state index contributed by atoms with van der Waals surface area (Å²) in [6.07, 6.45) is 4.87. The van der Waals surface area contributed by atoms with Crippen LogP contribution in [0, 0.1) is 5.92 Å². The third-order valence-corrected chi connectivity index (χ3v) is 6.32. The molecule has 5 nitrogen and oxygen atoms in total. The largest absolute Gasteiger partial charge is 0.334 e. The van der Waals surface area contributed by atoms with Crippen molar-refractivity contribution in [3.8, 4) is 0 Å². The van der Waals surface area contributed by atoms with Crippen molar-refractivity contribution in [1.29, 1.82) is 0 Å². The predicted octanol–water partition coefficient (Wildman–Crippen LogP) is 2.93. The molecule has 0 spiro atoms. The molecule has 4 rings (SSSR count). The molecule has 0 aromatic heterocycles. The third-order valence-electron chi connectivity index (χ3n) is 6.32. The van der Waals surface area contributed by atoms with Crippen LogP contribution in [0.5, 0.6) is 0 Å². The van der Waals surface area contributed by atoms with E-state index in [0.29, 0.717) is 39.9 Å². The van der Waals surface area contributed by atoms with Gasteiger partial charge in [0, 0.05) is 33.9 Å². The van der Waals surface area contributed by atoms with Gasteiger partial charge in [-0.25, -0.2) is 0 Å². The van der Waals surface area contributed by atoms with Gasteiger partial charge in [-0.2, -0.15) is 0 Å². The van der Waals surface area contributed by atoms with E-state index in [2.05, 4.69) is 17.6 Å². The van der Waals surface area contributed by atoms with Crippen LogP contribution in [0.25, 0.3) is 0 Å². The van der Waals surface area contributed by atoms with Crippen molar-refractivity contribution < 1.29 is 19.7 Å². The number of nitrogens with two attached hydrogens (primary N) is 1. The molecule has 2 aliphatic carbocycles. The van der Waals surface area contributed by atoms with E-state index in [4.69, 9.17) is 0 Å². The van der Waals surface area contributed by atoms with Crippen molar-refractivity contribution >= 4 is 23.2 Å². The van der Waals surface area contributed by atoms with Gasteiger partial charge in [0.1, 0.15) is 0 Å². The Labute approximate surface area is 170 Å². The number of carbonyl (C=O) groups excluding carboxylic acids is 3. The fourth-order valence-electron chi connectivity index (χ4n) is 4.52. The maximum absolute atomic E-state index is 12.9. The Balaban J connectivity index is 1.50. The minimum Gasteiger partial charge on any atom is -0.334 e. The van der Waals surface area contributed by atoms with Gasteiger partial charge in [0.2, 0.25) is 0 Å². The molecule has 1 fully saturated rings. The molecular weight excluding hydrogens is 364 g/mol. The second-order valence-electron chi connectivity index (χ2n) is 8.36. The topological polar surface area (TPSA) is 79.8 Å². The van der Waals surface area contributed by atoms with Crippen LogP contribution < -0.4 is 10.6 Å². The minimum absolute atomic E-state index is 0.0855. The SMILES string of the molecule is C[C@H]([NH2+][C@H]1CCCC[C@H]1C)C(=O)Nc1ccc2c(c1)C(=O)c1ccccc1C2=O. The zero-order valence-corrected chi connectivity index (χ0v) is 16.9. The van der Waals surface area contributed by atoms with Crippen LogP contribution in [0.2, 0.25) is 0 Å². The smallest absolute Gasteiger partial charge is 0.282 e. The monoisotopic (exact) mass is 391 g/mol. The molecule has 2 aromatic rings. The first-order valence-corrected chi connectivity index (χ1v) is 10.4. The molecule has 2 aromatic carbocycles. The van der Waals surface area contributed by atoms with E-state index in [-0.39, 0.29) is 23.5 Å². The number of rotatable bonds is 4. The fraction of sp³-hybridized carbons (Fsp3) is 0.375. The first-order chi connectivity index (χ1) is 14.0. The second-order valence-corrected chi connectivity index (χ2v) is 8.36. The predicted molar refractivity (Wildman–Crippen MR) is 111 cm³/mol. The number of hydrogen-bond donors (Lipinski definition) is 2. The lowest BCUT2D eigenvalue weighted by Gasteiger charge is -2.28. The number of quaternary nitrogens is 1. The van der Waals surface area contributed by atoms with Crippen LogP contribution in [-0.2, 0) is 4.79 Å². The van der Waals surface area contributed by atoms with Gasteiger partial charge in [-0.15, -0.1) is 0 Å². The molecule has 2 aliphatic rings. The third kappa shape index (κ3) is 3.75. The molecule has 0 radical (unpaired) electrons. The number of hydrogen-bond acceptors (Lipinski definition) is 3. The van der Waals surface area contributed by atoms with Gasteiger partial charge in [0.05, 0.1) is 6.04 Å². The summed E-state index contributed by atoms with van der Waals surface area (Å²) >= 11 is 0. The molecule has 29 heavy (non-hydrogen) atoms. The van der Waals surface area contributed by atoms with Crippen LogP contribution in [0.1, 0.15) is 71.4 Å². The highest BCUT2D eigenvalue weighted by Crippen LogP contribution is 2.29. The van der Waals surface area contributed by atoms with E-state index in [1.54, 1.807) is 42.5 Å². The highest BCUT2D eigenvalue weighted by atomic mass is 16.2. The summed E-state index contributed by atoms with van der Waals surface area (Å²) in [5.74, 6) is 0.201. The van der Waals surface area contributed by atoms with Gasteiger partial charge in [0.25, 0.3) is 5.91 Å². The summed E-state index contributed by atoms with van der Waals surface area (Å²) in [7, 11) is 0. The Morgan fingerprint density at radius 3 is 2.28 bits per heavy atom. The zero-order valence-electron chi connectivity index (χ0n) is 16.9. The molecule has 1 saturated carbocycles. The van der Waals surface area contributed by atoms with E-state index in [1.807, 2.05) is 6.92 Å². The Morgan fingerprint density at radius 2 is 1.59 bits per heavy atom. The van der Waals surface area contributed by atoms with Crippen LogP contribution in [-0.4, -0.2) is 29.6 Å². The minimum atomic E-state index is -0.213. The number of benzene rings is 2. The van der Waals surface area contributed by atoms with Gasteiger partial charge in [-0.3, -0.25) is 14.4 Å². The summed E-state index contributed by atoms with van der Waals surface area (Å²) in [4.78, 5) is 38.3. The lowest BCUT2D eigenvalue weighted by molar-refractivity contribution is -0.714. The molecule has 0 unspecified atom stereocenters. The fourth-order valence-corrected chi connectivity index (χ4v) is 4.52. The lowest BCUT2D eigenvalue weighted by atomic mass is 9.84. The van der Waals surface area contributed by atoms with Gasteiger partial charge in [-0.1, -0.05) is 37.6 Å². The zero-order chi connectivity index (χ0) is 20.5. The maximum atomic E-state index is 12.9. The summed E-state index contributed by atoms with van der Waals surface area (Å²) in [5.41, 5.74) is 2.14. The molecule has 150 valence electrons. The molecule has 0 saturated heterocycles. The summed E-state index contributed by atoms with van der Waals surface area (Å²) in [6.45, 7) is 4.18. The van der Waals surface area contributed by atoms with Crippen molar-refractivity contribution in [2.24, 2.45) is 5.92 Å². The molecule has 1 amide bonds. The summed E-state index contributed by atoms with van der Waals surface area (Å²) < 4.78 is 0. The molecule has 3 atom stereocenters. The number of fused-ring (bicyclic) bond motifs is 2. The number of ketones is 2. The van der Waals surface area contributed by atoms with Gasteiger partial charge >= 0.3 is 0 Å². The Hall–Kier alpha value is -2.79. The molecular formula is C24H27N2O3+. The van der Waals surface area contributed by atoms with Crippen molar-refractivity contribution in [2.45, 2.75) is 51.6 Å². The summed E-state index contributed by atoms with van der Waals surface area (Å²) in [5, 5.41) is 5.09. The molecule has 0 bridgehead atoms. The quantitative estimate of drug-likeness (QED) is 0.718. The van der Waals surface area contributed by atoms with Gasteiger partial charge in [-0.05, 0) is 44.4 Å². The number of nitrogens with one attached hydrogen (secondary N) is 1. The first kappa shape index (κ1) is 19.5. The van der Waals surface area contributed by atoms with Crippen molar-refractivity contribution in [3.05, 3.63) is 64.7 Å². The average Bonchev–Trinajstić information content (AvgIpc) is 2.73. The standard InChI is InChI=1S/C24H26N2O3/c1-14-7-3-6-10-21(14)25-15(2)24(29)26-16-11-12-19-20(13-16)23(28)18-9-5-4-8-17(18)22(19)27/h4-5,8-9,11-15,21,25H,3,6-7,10H2,1-2H3,(H,26,29)/p+1/t14-,15+,21+/m1/s1.